The highest BCUT2D eigenvalue weighted by Gasteiger charge is 2.36. The predicted molar refractivity (Wildman–Crippen MR) is 135 cm³/mol. The first-order chi connectivity index (χ1) is 17.8. The number of carbonyl (C=O) groups excluding carboxylic acids is 3. The zero-order valence-corrected chi connectivity index (χ0v) is 20.1. The molecule has 37 heavy (non-hydrogen) atoms. The summed E-state index contributed by atoms with van der Waals surface area (Å²) in [4.78, 5) is 49.3. The van der Waals surface area contributed by atoms with E-state index in [4.69, 9.17) is 9.47 Å². The van der Waals surface area contributed by atoms with Crippen molar-refractivity contribution >= 4 is 35.3 Å². The van der Waals surface area contributed by atoms with Gasteiger partial charge in [0.15, 0.2) is 11.5 Å². The van der Waals surface area contributed by atoms with Crippen molar-refractivity contribution in [2.45, 2.75) is 20.0 Å². The maximum absolute atomic E-state index is 13.1. The number of rotatable bonds is 8. The van der Waals surface area contributed by atoms with Crippen LogP contribution in [-0.4, -0.2) is 29.9 Å². The Morgan fingerprint density at radius 2 is 1.62 bits per heavy atom. The Morgan fingerprint density at radius 1 is 0.946 bits per heavy atom. The number of nitrogens with zero attached hydrogens (tertiary/aromatic N) is 2. The second-order valence-corrected chi connectivity index (χ2v) is 8.10. The molecule has 1 saturated heterocycles. The fourth-order valence-corrected chi connectivity index (χ4v) is 3.71. The van der Waals surface area contributed by atoms with E-state index in [1.807, 2.05) is 19.1 Å². The number of imide groups is 2. The molecule has 3 aromatic carbocycles. The Morgan fingerprint density at radius 3 is 2.24 bits per heavy atom. The molecule has 1 heterocycles. The smallest absolute Gasteiger partial charge is 0.335 e. The number of amides is 4. The Bertz CT molecular complexity index is 1400. The number of hydrogen-bond donors (Lipinski definition) is 1. The topological polar surface area (TPSA) is 128 Å². The van der Waals surface area contributed by atoms with E-state index in [-0.39, 0.29) is 17.9 Å². The number of ether oxygens (including phenoxy) is 2. The van der Waals surface area contributed by atoms with Gasteiger partial charge in [-0.05, 0) is 65.6 Å². The summed E-state index contributed by atoms with van der Waals surface area (Å²) in [6.07, 6.45) is 2.18. The number of nitrogens with one attached hydrogen (secondary N) is 1. The molecule has 0 aromatic heterocycles. The molecule has 1 aliphatic heterocycles. The third kappa shape index (κ3) is 5.48. The molecule has 1 fully saturated rings. The van der Waals surface area contributed by atoms with Gasteiger partial charge >= 0.3 is 6.03 Å². The van der Waals surface area contributed by atoms with Crippen molar-refractivity contribution in [1.82, 2.24) is 5.32 Å². The molecule has 0 atom stereocenters. The van der Waals surface area contributed by atoms with Crippen LogP contribution in [0.5, 0.6) is 11.5 Å². The first-order valence-electron chi connectivity index (χ1n) is 11.3. The molecule has 4 amide bonds. The summed E-state index contributed by atoms with van der Waals surface area (Å²) in [7, 11) is 1.45. The van der Waals surface area contributed by atoms with Crippen LogP contribution in [-0.2, 0) is 22.6 Å². The number of anilines is 1. The normalized spacial score (nSPS) is 14.5. The number of nitro benzene ring substituents is 1. The monoisotopic (exact) mass is 501 g/mol. The van der Waals surface area contributed by atoms with Crippen molar-refractivity contribution in [3.8, 4) is 11.5 Å². The van der Waals surface area contributed by atoms with Crippen molar-refractivity contribution in [3.05, 3.63) is 99.1 Å². The number of carbonyl (C=O) groups is 3. The second-order valence-electron chi connectivity index (χ2n) is 8.10. The molecule has 0 unspecified atom stereocenters. The van der Waals surface area contributed by atoms with Crippen LogP contribution in [0.1, 0.15) is 23.6 Å². The van der Waals surface area contributed by atoms with Gasteiger partial charge < -0.3 is 9.47 Å². The highest BCUT2D eigenvalue weighted by atomic mass is 16.6. The van der Waals surface area contributed by atoms with E-state index in [1.165, 1.54) is 25.3 Å². The van der Waals surface area contributed by atoms with Crippen LogP contribution in [0.25, 0.3) is 6.08 Å². The molecule has 0 saturated carbocycles. The minimum Gasteiger partial charge on any atom is -0.493 e. The maximum atomic E-state index is 13.1. The minimum absolute atomic E-state index is 0.0155. The first-order valence-corrected chi connectivity index (χ1v) is 11.3. The zero-order chi connectivity index (χ0) is 26.5. The zero-order valence-electron chi connectivity index (χ0n) is 20.1. The van der Waals surface area contributed by atoms with Gasteiger partial charge in [0.2, 0.25) is 0 Å². The third-order valence-electron chi connectivity index (χ3n) is 5.74. The van der Waals surface area contributed by atoms with Gasteiger partial charge in [0.25, 0.3) is 17.5 Å². The fraction of sp³-hybridized carbons (Fsp3) is 0.148. The molecule has 0 bridgehead atoms. The molecule has 1 N–H and O–H groups in total. The van der Waals surface area contributed by atoms with Gasteiger partial charge in [-0.2, -0.15) is 0 Å². The van der Waals surface area contributed by atoms with Gasteiger partial charge in [0.05, 0.1) is 17.7 Å². The van der Waals surface area contributed by atoms with Gasteiger partial charge in [0.1, 0.15) is 12.2 Å². The van der Waals surface area contributed by atoms with E-state index < -0.39 is 22.8 Å². The number of benzene rings is 3. The van der Waals surface area contributed by atoms with E-state index in [9.17, 15) is 24.5 Å². The molecule has 0 aliphatic carbocycles. The Kier molecular flexibility index (Phi) is 7.28. The Balaban J connectivity index is 1.55. The summed E-state index contributed by atoms with van der Waals surface area (Å²) in [5.41, 5.74) is 2.38. The average Bonchev–Trinajstić information content (AvgIpc) is 2.90. The van der Waals surface area contributed by atoms with Gasteiger partial charge in [-0.25, -0.2) is 9.69 Å². The maximum Gasteiger partial charge on any atom is 0.335 e. The van der Waals surface area contributed by atoms with Gasteiger partial charge in [-0.1, -0.05) is 25.1 Å². The van der Waals surface area contributed by atoms with E-state index in [0.29, 0.717) is 22.7 Å². The molecule has 1 aliphatic rings. The van der Waals surface area contributed by atoms with Crippen molar-refractivity contribution in [2.24, 2.45) is 0 Å². The number of nitro groups is 1. The lowest BCUT2D eigenvalue weighted by Crippen LogP contribution is -2.54. The molecule has 4 rings (SSSR count). The lowest BCUT2D eigenvalue weighted by molar-refractivity contribution is -0.384. The summed E-state index contributed by atoms with van der Waals surface area (Å²) >= 11 is 0. The molecule has 3 aromatic rings. The molecular weight excluding hydrogens is 478 g/mol. The Labute approximate surface area is 212 Å². The summed E-state index contributed by atoms with van der Waals surface area (Å²) in [5.74, 6) is -0.789. The minimum atomic E-state index is -0.816. The van der Waals surface area contributed by atoms with Crippen LogP contribution in [0, 0.1) is 10.1 Å². The third-order valence-corrected chi connectivity index (χ3v) is 5.74. The van der Waals surface area contributed by atoms with Crippen LogP contribution in [0.2, 0.25) is 0 Å². The van der Waals surface area contributed by atoms with Crippen molar-refractivity contribution < 1.29 is 28.8 Å². The summed E-state index contributed by atoms with van der Waals surface area (Å²) in [6, 6.07) is 17.0. The SMILES string of the molecule is CCc1ccc(N2C(=O)NC(=O)/C(=C\c3ccc(OCc4ccc([N+](=O)[O-])cc4)c(OC)c3)C2=O)cc1. The van der Waals surface area contributed by atoms with E-state index in [2.05, 4.69) is 5.32 Å². The number of hydrogen-bond acceptors (Lipinski definition) is 7. The summed E-state index contributed by atoms with van der Waals surface area (Å²) in [6.45, 7) is 2.14. The van der Waals surface area contributed by atoms with Crippen molar-refractivity contribution in [1.29, 1.82) is 0 Å². The van der Waals surface area contributed by atoms with Gasteiger partial charge in [-0.3, -0.25) is 25.0 Å². The molecule has 0 spiro atoms. The van der Waals surface area contributed by atoms with E-state index >= 15 is 0 Å². The van der Waals surface area contributed by atoms with Gasteiger partial charge in [0, 0.05) is 12.1 Å². The quantitative estimate of drug-likeness (QED) is 0.210. The predicted octanol–water partition coefficient (Wildman–Crippen LogP) is 4.41. The fourth-order valence-electron chi connectivity index (χ4n) is 3.71. The Hall–Kier alpha value is -4.99. The van der Waals surface area contributed by atoms with E-state index in [0.717, 1.165) is 22.4 Å². The average molecular weight is 501 g/mol. The molecule has 0 radical (unpaired) electrons. The van der Waals surface area contributed by atoms with E-state index in [1.54, 1.807) is 42.5 Å². The van der Waals surface area contributed by atoms with Crippen LogP contribution >= 0.6 is 0 Å². The number of non-ortho nitro benzene ring substituents is 1. The van der Waals surface area contributed by atoms with Crippen LogP contribution < -0.4 is 19.7 Å². The second kappa shape index (κ2) is 10.7. The standard InChI is InChI=1S/C27H23N3O7/c1-3-17-4-9-20(10-5-17)29-26(32)22(25(31)28-27(29)33)14-19-8-13-23(24(15-19)36-2)37-16-18-6-11-21(12-7-18)30(34)35/h4-15H,3,16H2,1-2H3,(H,28,31,33)/b22-14+. The number of aryl methyl sites for hydroxylation is 1. The lowest BCUT2D eigenvalue weighted by atomic mass is 10.1. The first kappa shape index (κ1) is 25.1. The van der Waals surface area contributed by atoms with Crippen LogP contribution in [0.3, 0.4) is 0 Å². The van der Waals surface area contributed by atoms with Gasteiger partial charge in [-0.15, -0.1) is 0 Å². The number of methoxy groups -OCH3 is 1. The number of barbiturate groups is 1. The molecule has 10 heteroatoms. The molecule has 10 nitrogen and oxygen atoms in total. The van der Waals surface area contributed by atoms with Crippen LogP contribution in [0.4, 0.5) is 16.2 Å². The largest absolute Gasteiger partial charge is 0.493 e. The molecule has 188 valence electrons. The highest BCUT2D eigenvalue weighted by Crippen LogP contribution is 2.31. The van der Waals surface area contributed by atoms with Crippen LogP contribution in [0.15, 0.2) is 72.3 Å². The number of urea groups is 1. The summed E-state index contributed by atoms with van der Waals surface area (Å²) < 4.78 is 11.2. The summed E-state index contributed by atoms with van der Waals surface area (Å²) in [5, 5.41) is 13.0. The van der Waals surface area contributed by atoms with Crippen molar-refractivity contribution in [2.75, 3.05) is 12.0 Å². The van der Waals surface area contributed by atoms with Crippen molar-refractivity contribution in [3.63, 3.8) is 0 Å². The lowest BCUT2D eigenvalue weighted by Gasteiger charge is -2.26. The highest BCUT2D eigenvalue weighted by molar-refractivity contribution is 6.39. The molecular formula is C27H23N3O7.